The van der Waals surface area contributed by atoms with Crippen molar-refractivity contribution in [2.45, 2.75) is 32.1 Å². The first-order valence-electron chi connectivity index (χ1n) is 6.61. The van der Waals surface area contributed by atoms with Gasteiger partial charge in [0.25, 0.3) is 0 Å². The van der Waals surface area contributed by atoms with Crippen LogP contribution >= 0.6 is 0 Å². The second-order valence-corrected chi connectivity index (χ2v) is 4.54. The lowest BCUT2D eigenvalue weighted by molar-refractivity contribution is -0.116. The van der Waals surface area contributed by atoms with Crippen LogP contribution in [0.5, 0.6) is 5.75 Å². The van der Waals surface area contributed by atoms with Crippen molar-refractivity contribution in [2.75, 3.05) is 11.9 Å². The lowest BCUT2D eigenvalue weighted by Gasteiger charge is -2.08. The molecule has 1 aromatic carbocycles. The van der Waals surface area contributed by atoms with Crippen molar-refractivity contribution in [2.24, 2.45) is 5.73 Å². The average molecular weight is 280 g/mol. The first kappa shape index (κ1) is 16.0. The minimum Gasteiger partial charge on any atom is -0.508 e. The SMILES string of the molecule is NCCCCCCC(=O)Nc1ccc(O)cc1C(=O)O. The number of amides is 1. The van der Waals surface area contributed by atoms with Crippen molar-refractivity contribution < 1.29 is 19.8 Å². The van der Waals surface area contributed by atoms with Crippen LogP contribution in [-0.2, 0) is 4.79 Å². The number of rotatable bonds is 8. The van der Waals surface area contributed by atoms with E-state index in [1.165, 1.54) is 12.1 Å². The van der Waals surface area contributed by atoms with Crippen molar-refractivity contribution in [1.29, 1.82) is 0 Å². The molecule has 0 aliphatic rings. The number of carboxylic acids is 1. The number of nitrogens with two attached hydrogens (primary N) is 1. The Bertz CT molecular complexity index is 474. The average Bonchev–Trinajstić information content (AvgIpc) is 2.40. The van der Waals surface area contributed by atoms with Crippen molar-refractivity contribution in [3.63, 3.8) is 0 Å². The van der Waals surface area contributed by atoms with Gasteiger partial charge < -0.3 is 21.3 Å². The van der Waals surface area contributed by atoms with Crippen LogP contribution in [0.3, 0.4) is 0 Å². The van der Waals surface area contributed by atoms with Crippen molar-refractivity contribution in [1.82, 2.24) is 0 Å². The second-order valence-electron chi connectivity index (χ2n) is 4.54. The topological polar surface area (TPSA) is 113 Å². The highest BCUT2D eigenvalue weighted by atomic mass is 16.4. The Morgan fingerprint density at radius 1 is 1.15 bits per heavy atom. The molecule has 0 aliphatic carbocycles. The maximum absolute atomic E-state index is 11.7. The largest absolute Gasteiger partial charge is 0.508 e. The van der Waals surface area contributed by atoms with Gasteiger partial charge in [-0.05, 0) is 37.6 Å². The Morgan fingerprint density at radius 2 is 1.85 bits per heavy atom. The highest BCUT2D eigenvalue weighted by molar-refractivity contribution is 6.00. The van der Waals surface area contributed by atoms with Crippen LogP contribution in [0, 0.1) is 0 Å². The fourth-order valence-electron chi connectivity index (χ4n) is 1.81. The Balaban J connectivity index is 2.51. The van der Waals surface area contributed by atoms with Gasteiger partial charge in [-0.3, -0.25) is 4.79 Å². The molecule has 0 heterocycles. The van der Waals surface area contributed by atoms with Gasteiger partial charge in [0.2, 0.25) is 5.91 Å². The number of aromatic carboxylic acids is 1. The molecule has 1 amide bonds. The summed E-state index contributed by atoms with van der Waals surface area (Å²) in [7, 11) is 0. The lowest BCUT2D eigenvalue weighted by atomic mass is 10.1. The third kappa shape index (κ3) is 5.27. The van der Waals surface area contributed by atoms with E-state index in [1.807, 2.05) is 0 Å². The number of carboxylic acid groups (broad SMARTS) is 1. The van der Waals surface area contributed by atoms with E-state index in [2.05, 4.69) is 5.32 Å². The summed E-state index contributed by atoms with van der Waals surface area (Å²) in [4.78, 5) is 22.7. The summed E-state index contributed by atoms with van der Waals surface area (Å²) in [5, 5.41) is 20.8. The Hall–Kier alpha value is -2.08. The first-order chi connectivity index (χ1) is 9.54. The van der Waals surface area contributed by atoms with E-state index in [9.17, 15) is 14.7 Å². The molecule has 0 saturated heterocycles. The number of aromatic hydroxyl groups is 1. The Morgan fingerprint density at radius 3 is 2.50 bits per heavy atom. The van der Waals surface area contributed by atoms with E-state index in [0.717, 1.165) is 31.7 Å². The summed E-state index contributed by atoms with van der Waals surface area (Å²) in [6, 6.07) is 3.83. The molecule has 20 heavy (non-hydrogen) atoms. The highest BCUT2D eigenvalue weighted by Crippen LogP contribution is 2.21. The number of hydrogen-bond acceptors (Lipinski definition) is 4. The molecule has 0 fully saturated rings. The molecule has 110 valence electrons. The molecular formula is C14H20N2O4. The van der Waals surface area contributed by atoms with Crippen molar-refractivity contribution in [3.8, 4) is 5.75 Å². The number of phenolic OH excluding ortho intramolecular Hbond substituents is 1. The molecule has 0 radical (unpaired) electrons. The number of hydrogen-bond donors (Lipinski definition) is 4. The van der Waals surface area contributed by atoms with Crippen LogP contribution in [0.4, 0.5) is 5.69 Å². The number of unbranched alkanes of at least 4 members (excludes halogenated alkanes) is 3. The van der Waals surface area contributed by atoms with E-state index in [4.69, 9.17) is 10.8 Å². The summed E-state index contributed by atoms with van der Waals surface area (Å²) >= 11 is 0. The Kier molecular flexibility index (Phi) is 6.52. The van der Waals surface area contributed by atoms with Gasteiger partial charge in [-0.25, -0.2) is 4.79 Å². The zero-order valence-corrected chi connectivity index (χ0v) is 11.3. The summed E-state index contributed by atoms with van der Waals surface area (Å²) in [6.07, 6.45) is 3.94. The monoisotopic (exact) mass is 280 g/mol. The molecule has 1 aromatic rings. The van der Waals surface area contributed by atoms with Gasteiger partial charge in [-0.15, -0.1) is 0 Å². The maximum atomic E-state index is 11.7. The molecule has 5 N–H and O–H groups in total. The summed E-state index contributed by atoms with van der Waals surface area (Å²) in [5.41, 5.74) is 5.45. The predicted octanol–water partition coefficient (Wildman–Crippen LogP) is 1.94. The van der Waals surface area contributed by atoms with Crippen LogP contribution in [0.25, 0.3) is 0 Å². The van der Waals surface area contributed by atoms with Gasteiger partial charge in [0.15, 0.2) is 0 Å². The van der Waals surface area contributed by atoms with E-state index in [0.29, 0.717) is 13.0 Å². The van der Waals surface area contributed by atoms with Gasteiger partial charge in [-0.1, -0.05) is 12.8 Å². The first-order valence-corrected chi connectivity index (χ1v) is 6.61. The van der Waals surface area contributed by atoms with E-state index < -0.39 is 5.97 Å². The highest BCUT2D eigenvalue weighted by Gasteiger charge is 2.13. The number of benzene rings is 1. The number of phenols is 1. The quantitative estimate of drug-likeness (QED) is 0.429. The third-order valence-electron chi connectivity index (χ3n) is 2.87. The van der Waals surface area contributed by atoms with E-state index in [-0.39, 0.29) is 22.9 Å². The van der Waals surface area contributed by atoms with Crippen LogP contribution in [0.1, 0.15) is 42.5 Å². The van der Waals surface area contributed by atoms with Gasteiger partial charge in [0.1, 0.15) is 5.75 Å². The predicted molar refractivity (Wildman–Crippen MR) is 75.8 cm³/mol. The number of carbonyl (C=O) groups excluding carboxylic acids is 1. The summed E-state index contributed by atoms with van der Waals surface area (Å²) in [6.45, 7) is 0.654. The fraction of sp³-hybridized carbons (Fsp3) is 0.429. The van der Waals surface area contributed by atoms with Gasteiger partial charge in [0, 0.05) is 6.42 Å². The zero-order chi connectivity index (χ0) is 15.0. The molecule has 0 aliphatic heterocycles. The van der Waals surface area contributed by atoms with Crippen LogP contribution < -0.4 is 11.1 Å². The lowest BCUT2D eigenvalue weighted by Crippen LogP contribution is -2.14. The molecule has 0 unspecified atom stereocenters. The maximum Gasteiger partial charge on any atom is 0.337 e. The molecule has 0 saturated carbocycles. The van der Waals surface area contributed by atoms with Crippen LogP contribution in [0.2, 0.25) is 0 Å². The van der Waals surface area contributed by atoms with E-state index >= 15 is 0 Å². The van der Waals surface area contributed by atoms with Crippen molar-refractivity contribution in [3.05, 3.63) is 23.8 Å². The number of anilines is 1. The van der Waals surface area contributed by atoms with Gasteiger partial charge in [0.05, 0.1) is 11.3 Å². The van der Waals surface area contributed by atoms with Gasteiger partial charge in [-0.2, -0.15) is 0 Å². The van der Waals surface area contributed by atoms with Crippen LogP contribution in [0.15, 0.2) is 18.2 Å². The molecule has 0 spiro atoms. The third-order valence-corrected chi connectivity index (χ3v) is 2.87. The van der Waals surface area contributed by atoms with E-state index in [1.54, 1.807) is 0 Å². The molecule has 0 atom stereocenters. The molecule has 0 aromatic heterocycles. The van der Waals surface area contributed by atoms with Gasteiger partial charge >= 0.3 is 5.97 Å². The normalized spacial score (nSPS) is 10.2. The standard InChI is InChI=1S/C14H20N2O4/c15-8-4-2-1-3-5-13(18)16-12-7-6-10(17)9-11(12)14(19)20/h6-7,9,17H,1-5,8,15H2,(H,16,18)(H,19,20). The molecular weight excluding hydrogens is 260 g/mol. The molecule has 6 heteroatoms. The summed E-state index contributed by atoms with van der Waals surface area (Å²) < 4.78 is 0. The smallest absolute Gasteiger partial charge is 0.337 e. The number of nitrogens with one attached hydrogen (secondary N) is 1. The zero-order valence-electron chi connectivity index (χ0n) is 11.3. The van der Waals surface area contributed by atoms with Crippen molar-refractivity contribution >= 4 is 17.6 Å². The second kappa shape index (κ2) is 8.16. The molecule has 6 nitrogen and oxygen atoms in total. The minimum atomic E-state index is -1.20. The Labute approximate surface area is 117 Å². The molecule has 1 rings (SSSR count). The fourth-order valence-corrected chi connectivity index (χ4v) is 1.81. The minimum absolute atomic E-state index is 0.124. The summed E-state index contributed by atoms with van der Waals surface area (Å²) in [5.74, 6) is -1.58. The van der Waals surface area contributed by atoms with Crippen LogP contribution in [-0.4, -0.2) is 28.6 Å². The number of carbonyl (C=O) groups is 2. The molecule has 0 bridgehead atoms.